The third-order valence-corrected chi connectivity index (χ3v) is 2.78. The minimum absolute atomic E-state index is 0.0747. The van der Waals surface area contributed by atoms with Gasteiger partial charge in [0.2, 0.25) is 6.41 Å². The molecule has 2 rings (SSSR count). The molecule has 0 saturated heterocycles. The SMILES string of the molecule is Cc1ccc([C@@H](NC=O)c2ccccc2)cc1. The molecule has 1 atom stereocenters. The molecule has 86 valence electrons. The first-order chi connectivity index (χ1) is 8.31. The highest BCUT2D eigenvalue weighted by molar-refractivity contribution is 5.50. The van der Waals surface area contributed by atoms with E-state index in [1.54, 1.807) is 0 Å². The number of hydrogen-bond acceptors (Lipinski definition) is 1. The summed E-state index contributed by atoms with van der Waals surface area (Å²) in [5, 5.41) is 2.85. The molecule has 0 heterocycles. The standard InChI is InChI=1S/C15H15NO/c1-12-7-9-14(10-8-12)15(16-11-17)13-5-3-2-4-6-13/h2-11,15H,1H3,(H,16,17)/t15-/m0/s1. The van der Waals surface area contributed by atoms with Gasteiger partial charge >= 0.3 is 0 Å². The number of benzene rings is 2. The summed E-state index contributed by atoms with van der Waals surface area (Å²) in [6.45, 7) is 2.05. The van der Waals surface area contributed by atoms with Crippen LogP contribution in [0.4, 0.5) is 0 Å². The summed E-state index contributed by atoms with van der Waals surface area (Å²) in [7, 11) is 0. The molecule has 0 fully saturated rings. The lowest BCUT2D eigenvalue weighted by atomic mass is 9.98. The van der Waals surface area contributed by atoms with Gasteiger partial charge < -0.3 is 5.32 Å². The smallest absolute Gasteiger partial charge is 0.207 e. The van der Waals surface area contributed by atoms with Gasteiger partial charge in [-0.2, -0.15) is 0 Å². The second kappa shape index (κ2) is 5.30. The fourth-order valence-corrected chi connectivity index (χ4v) is 1.86. The molecule has 2 nitrogen and oxygen atoms in total. The number of carbonyl (C=O) groups excluding carboxylic acids is 1. The van der Waals surface area contributed by atoms with E-state index in [9.17, 15) is 4.79 Å². The summed E-state index contributed by atoms with van der Waals surface area (Å²) in [5.41, 5.74) is 3.39. The molecule has 0 aliphatic heterocycles. The second-order valence-electron chi connectivity index (χ2n) is 4.04. The first-order valence-corrected chi connectivity index (χ1v) is 5.62. The fraction of sp³-hybridized carbons (Fsp3) is 0.133. The van der Waals surface area contributed by atoms with Gasteiger partial charge in [0, 0.05) is 0 Å². The Kier molecular flexibility index (Phi) is 3.55. The van der Waals surface area contributed by atoms with E-state index in [0.717, 1.165) is 17.5 Å². The van der Waals surface area contributed by atoms with Crippen LogP contribution in [0.15, 0.2) is 54.6 Å². The Bertz CT molecular complexity index is 476. The molecule has 17 heavy (non-hydrogen) atoms. The number of nitrogens with one attached hydrogen (secondary N) is 1. The van der Waals surface area contributed by atoms with Crippen molar-refractivity contribution in [2.24, 2.45) is 0 Å². The molecular weight excluding hydrogens is 210 g/mol. The maximum absolute atomic E-state index is 10.7. The lowest BCUT2D eigenvalue weighted by Crippen LogP contribution is -2.20. The number of rotatable bonds is 4. The maximum Gasteiger partial charge on any atom is 0.207 e. The van der Waals surface area contributed by atoms with Gasteiger partial charge in [0.25, 0.3) is 0 Å². The molecule has 2 aromatic carbocycles. The molecule has 2 aromatic rings. The first kappa shape index (κ1) is 11.4. The highest BCUT2D eigenvalue weighted by Crippen LogP contribution is 2.21. The van der Waals surface area contributed by atoms with E-state index in [-0.39, 0.29) is 6.04 Å². The normalized spacial score (nSPS) is 11.8. The lowest BCUT2D eigenvalue weighted by Gasteiger charge is -2.17. The van der Waals surface area contributed by atoms with Crippen LogP contribution in [0, 0.1) is 6.92 Å². The van der Waals surface area contributed by atoms with E-state index >= 15 is 0 Å². The van der Waals surface area contributed by atoms with E-state index < -0.39 is 0 Å². The summed E-state index contributed by atoms with van der Waals surface area (Å²) in [4.78, 5) is 10.7. The molecule has 0 aliphatic carbocycles. The van der Waals surface area contributed by atoms with Crippen LogP contribution in [0.3, 0.4) is 0 Å². The lowest BCUT2D eigenvalue weighted by molar-refractivity contribution is -0.110. The van der Waals surface area contributed by atoms with Crippen molar-refractivity contribution >= 4 is 6.41 Å². The fourth-order valence-electron chi connectivity index (χ4n) is 1.86. The van der Waals surface area contributed by atoms with Crippen molar-refractivity contribution in [1.82, 2.24) is 5.32 Å². The minimum atomic E-state index is -0.0747. The van der Waals surface area contributed by atoms with Crippen LogP contribution in [-0.2, 0) is 4.79 Å². The van der Waals surface area contributed by atoms with Crippen LogP contribution in [0.5, 0.6) is 0 Å². The quantitative estimate of drug-likeness (QED) is 0.796. The molecular formula is C15H15NO. The van der Waals surface area contributed by atoms with E-state index in [2.05, 4.69) is 24.4 Å². The van der Waals surface area contributed by atoms with E-state index in [1.807, 2.05) is 42.5 Å². The number of carbonyl (C=O) groups is 1. The van der Waals surface area contributed by atoms with Gasteiger partial charge in [-0.25, -0.2) is 0 Å². The summed E-state index contributed by atoms with van der Waals surface area (Å²) in [6.07, 6.45) is 0.748. The van der Waals surface area contributed by atoms with Crippen molar-refractivity contribution in [2.75, 3.05) is 0 Å². The molecule has 1 N–H and O–H groups in total. The van der Waals surface area contributed by atoms with Crippen LogP contribution in [0.1, 0.15) is 22.7 Å². The van der Waals surface area contributed by atoms with Crippen LogP contribution >= 0.6 is 0 Å². The molecule has 0 bridgehead atoms. The summed E-state index contributed by atoms with van der Waals surface area (Å²) in [5.74, 6) is 0. The Hall–Kier alpha value is -2.09. The summed E-state index contributed by atoms with van der Waals surface area (Å²) in [6, 6.07) is 18.1. The molecule has 0 spiro atoms. The Balaban J connectivity index is 2.35. The topological polar surface area (TPSA) is 29.1 Å². The zero-order valence-corrected chi connectivity index (χ0v) is 9.76. The monoisotopic (exact) mass is 225 g/mol. The van der Waals surface area contributed by atoms with Crippen molar-refractivity contribution in [3.05, 3.63) is 71.3 Å². The number of aryl methyl sites for hydroxylation is 1. The molecule has 0 unspecified atom stereocenters. The van der Waals surface area contributed by atoms with Crippen molar-refractivity contribution in [1.29, 1.82) is 0 Å². The minimum Gasteiger partial charge on any atom is -0.348 e. The Morgan fingerprint density at radius 1 is 0.941 bits per heavy atom. The number of amides is 1. The van der Waals surface area contributed by atoms with Crippen LogP contribution in [0.25, 0.3) is 0 Å². The maximum atomic E-state index is 10.7. The average molecular weight is 225 g/mol. The molecule has 2 heteroatoms. The first-order valence-electron chi connectivity index (χ1n) is 5.62. The van der Waals surface area contributed by atoms with Crippen molar-refractivity contribution in [3.63, 3.8) is 0 Å². The molecule has 0 saturated carbocycles. The van der Waals surface area contributed by atoms with Crippen molar-refractivity contribution < 1.29 is 4.79 Å². The highest BCUT2D eigenvalue weighted by atomic mass is 16.1. The average Bonchev–Trinajstić information content (AvgIpc) is 2.38. The van der Waals surface area contributed by atoms with Gasteiger partial charge in [-0.3, -0.25) is 4.79 Å². The molecule has 1 amide bonds. The van der Waals surface area contributed by atoms with Crippen molar-refractivity contribution in [2.45, 2.75) is 13.0 Å². The van der Waals surface area contributed by atoms with Gasteiger partial charge in [0.15, 0.2) is 0 Å². The summed E-state index contributed by atoms with van der Waals surface area (Å²) < 4.78 is 0. The summed E-state index contributed by atoms with van der Waals surface area (Å²) >= 11 is 0. The number of hydrogen-bond donors (Lipinski definition) is 1. The van der Waals surface area contributed by atoms with Crippen molar-refractivity contribution in [3.8, 4) is 0 Å². The molecule has 0 radical (unpaired) electrons. The van der Waals surface area contributed by atoms with E-state index in [1.165, 1.54) is 5.56 Å². The van der Waals surface area contributed by atoms with Gasteiger partial charge in [-0.15, -0.1) is 0 Å². The van der Waals surface area contributed by atoms with Crippen LogP contribution in [0.2, 0.25) is 0 Å². The molecule has 0 aliphatic rings. The van der Waals surface area contributed by atoms with Gasteiger partial charge in [-0.05, 0) is 18.1 Å². The van der Waals surface area contributed by atoms with E-state index in [0.29, 0.717) is 0 Å². The van der Waals surface area contributed by atoms with Crippen LogP contribution < -0.4 is 5.32 Å². The zero-order chi connectivity index (χ0) is 12.1. The van der Waals surface area contributed by atoms with E-state index in [4.69, 9.17) is 0 Å². The van der Waals surface area contributed by atoms with Gasteiger partial charge in [0.1, 0.15) is 0 Å². The predicted octanol–water partition coefficient (Wildman–Crippen LogP) is 2.83. The second-order valence-corrected chi connectivity index (χ2v) is 4.04. The highest BCUT2D eigenvalue weighted by Gasteiger charge is 2.11. The van der Waals surface area contributed by atoms with Crippen LogP contribution in [-0.4, -0.2) is 6.41 Å². The Labute approximate surface area is 101 Å². The van der Waals surface area contributed by atoms with Gasteiger partial charge in [0.05, 0.1) is 6.04 Å². The largest absolute Gasteiger partial charge is 0.348 e. The third kappa shape index (κ3) is 2.72. The Morgan fingerprint density at radius 3 is 2.12 bits per heavy atom. The molecule has 0 aromatic heterocycles. The van der Waals surface area contributed by atoms with Gasteiger partial charge in [-0.1, -0.05) is 60.2 Å². The predicted molar refractivity (Wildman–Crippen MR) is 68.7 cm³/mol. The third-order valence-electron chi connectivity index (χ3n) is 2.78. The Morgan fingerprint density at radius 2 is 1.53 bits per heavy atom. The zero-order valence-electron chi connectivity index (χ0n) is 9.76.